The van der Waals surface area contributed by atoms with E-state index in [1.165, 1.54) is 35.9 Å². The van der Waals surface area contributed by atoms with E-state index in [1.807, 2.05) is 0 Å². The van der Waals surface area contributed by atoms with Crippen molar-refractivity contribution in [2.75, 3.05) is 0 Å². The standard InChI is InChI=1S/C11H13F2OP.C4H8/c1-7(11(12,13)15)9-3-5-10(6-4-9)8(2)14;1-4-2-3-4/h3-7H,15H2,1-2H3;4H,2-3H2,1H3. The lowest BCUT2D eigenvalue weighted by Gasteiger charge is -2.19. The van der Waals surface area contributed by atoms with Gasteiger partial charge in [0.2, 0.25) is 0 Å². The van der Waals surface area contributed by atoms with E-state index in [0.29, 0.717) is 11.1 Å². The fraction of sp³-hybridized carbons (Fsp3) is 0.533. The van der Waals surface area contributed by atoms with Crippen LogP contribution < -0.4 is 0 Å². The van der Waals surface area contributed by atoms with Crippen molar-refractivity contribution in [1.82, 2.24) is 0 Å². The van der Waals surface area contributed by atoms with Gasteiger partial charge < -0.3 is 0 Å². The Bertz CT molecular complexity index is 419. The molecule has 1 saturated carbocycles. The van der Waals surface area contributed by atoms with E-state index in [9.17, 15) is 13.6 Å². The number of rotatable bonds is 3. The van der Waals surface area contributed by atoms with Crippen molar-refractivity contribution in [3.05, 3.63) is 35.4 Å². The molecular weight excluding hydrogens is 265 g/mol. The zero-order valence-electron chi connectivity index (χ0n) is 11.6. The Hall–Kier alpha value is -0.820. The topological polar surface area (TPSA) is 17.1 Å². The van der Waals surface area contributed by atoms with E-state index < -0.39 is 11.6 Å². The quantitative estimate of drug-likeness (QED) is 0.572. The van der Waals surface area contributed by atoms with Crippen LogP contribution in [0.5, 0.6) is 0 Å². The predicted molar refractivity (Wildman–Crippen MR) is 77.9 cm³/mol. The first-order chi connectivity index (χ1) is 8.71. The van der Waals surface area contributed by atoms with Crippen LogP contribution in [-0.2, 0) is 0 Å². The largest absolute Gasteiger partial charge is 0.295 e. The maximum absolute atomic E-state index is 13.0. The first-order valence-electron chi connectivity index (χ1n) is 6.49. The Balaban J connectivity index is 0.000000382. The summed E-state index contributed by atoms with van der Waals surface area (Å²) < 4.78 is 25.9. The summed E-state index contributed by atoms with van der Waals surface area (Å²) >= 11 is 0. The number of hydrogen-bond donors (Lipinski definition) is 0. The molecule has 2 rings (SSSR count). The molecule has 19 heavy (non-hydrogen) atoms. The van der Waals surface area contributed by atoms with Gasteiger partial charge in [-0.25, -0.2) is 8.78 Å². The van der Waals surface area contributed by atoms with Gasteiger partial charge in [-0.2, -0.15) is 0 Å². The molecule has 1 aliphatic rings. The highest BCUT2D eigenvalue weighted by Crippen LogP contribution is 2.38. The third-order valence-corrected chi connectivity index (χ3v) is 3.76. The average Bonchev–Trinajstić information content (AvgIpc) is 3.10. The summed E-state index contributed by atoms with van der Waals surface area (Å²) in [5.74, 6) is 0.148. The average molecular weight is 286 g/mol. The number of hydrogen-bond acceptors (Lipinski definition) is 1. The van der Waals surface area contributed by atoms with Crippen molar-refractivity contribution in [3.8, 4) is 0 Å². The lowest BCUT2D eigenvalue weighted by Crippen LogP contribution is -2.15. The van der Waals surface area contributed by atoms with Crippen molar-refractivity contribution in [1.29, 1.82) is 0 Å². The van der Waals surface area contributed by atoms with E-state index in [2.05, 4.69) is 6.92 Å². The van der Waals surface area contributed by atoms with Gasteiger partial charge in [-0.3, -0.25) is 4.79 Å². The number of alkyl halides is 2. The summed E-state index contributed by atoms with van der Waals surface area (Å²) in [5, 5.41) is 0. The molecular formula is C15H21F2OP. The summed E-state index contributed by atoms with van der Waals surface area (Å²) in [7, 11) is 1.53. The highest BCUT2D eigenvalue weighted by Gasteiger charge is 2.31. The van der Waals surface area contributed by atoms with Crippen molar-refractivity contribution >= 4 is 15.0 Å². The normalized spacial score (nSPS) is 16.3. The van der Waals surface area contributed by atoms with Gasteiger partial charge in [0.15, 0.2) is 5.78 Å². The number of carbonyl (C=O) groups is 1. The van der Waals surface area contributed by atoms with Crippen molar-refractivity contribution < 1.29 is 13.6 Å². The van der Waals surface area contributed by atoms with E-state index in [0.717, 1.165) is 5.92 Å². The Morgan fingerprint density at radius 2 is 1.74 bits per heavy atom. The summed E-state index contributed by atoms with van der Waals surface area (Å²) in [5.41, 5.74) is -1.75. The molecule has 0 aromatic heterocycles. The van der Waals surface area contributed by atoms with E-state index in [-0.39, 0.29) is 5.78 Å². The summed E-state index contributed by atoms with van der Waals surface area (Å²) in [6.45, 7) is 5.18. The number of benzene rings is 1. The van der Waals surface area contributed by atoms with Crippen LogP contribution in [0.1, 0.15) is 55.5 Å². The number of Topliss-reactive ketones (excluding diaryl/α,β-unsaturated/α-hetero) is 1. The number of halogens is 2. The smallest absolute Gasteiger partial charge is 0.265 e. The maximum Gasteiger partial charge on any atom is 0.265 e. The minimum atomic E-state index is -2.82. The Labute approximate surface area is 116 Å². The Kier molecular flexibility index (Phi) is 5.61. The molecule has 0 aliphatic heterocycles. The van der Waals surface area contributed by atoms with E-state index in [4.69, 9.17) is 0 Å². The second-order valence-electron chi connectivity index (χ2n) is 5.26. The Morgan fingerprint density at radius 1 is 1.32 bits per heavy atom. The zero-order valence-corrected chi connectivity index (χ0v) is 12.8. The van der Waals surface area contributed by atoms with Crippen LogP contribution in [0.2, 0.25) is 0 Å². The minimum absolute atomic E-state index is 0.0631. The highest BCUT2D eigenvalue weighted by molar-refractivity contribution is 7.18. The molecule has 106 valence electrons. The maximum atomic E-state index is 13.0. The fourth-order valence-electron chi connectivity index (χ4n) is 1.40. The predicted octanol–water partition coefficient (Wildman–Crippen LogP) is 4.88. The second kappa shape index (κ2) is 6.56. The first kappa shape index (κ1) is 16.2. The number of carbonyl (C=O) groups excluding carboxylic acids is 1. The first-order valence-corrected chi connectivity index (χ1v) is 7.07. The van der Waals surface area contributed by atoms with Gasteiger partial charge in [0.1, 0.15) is 0 Å². The third-order valence-electron chi connectivity index (χ3n) is 3.26. The zero-order chi connectivity index (χ0) is 14.6. The van der Waals surface area contributed by atoms with Crippen molar-refractivity contribution in [2.45, 2.75) is 45.2 Å². The number of ketones is 1. The van der Waals surface area contributed by atoms with Crippen LogP contribution in [0.25, 0.3) is 0 Å². The minimum Gasteiger partial charge on any atom is -0.295 e. The van der Waals surface area contributed by atoms with Gasteiger partial charge in [-0.15, -0.1) is 0 Å². The molecule has 2 atom stereocenters. The van der Waals surface area contributed by atoms with Crippen LogP contribution in [-0.4, -0.2) is 11.4 Å². The molecule has 0 amide bonds. The SMILES string of the molecule is CC(=O)c1ccc(C(C)C(F)(F)P)cc1.CC1CC1. The van der Waals surface area contributed by atoms with Crippen molar-refractivity contribution in [2.24, 2.45) is 5.92 Å². The molecule has 0 saturated heterocycles. The molecule has 1 nitrogen and oxygen atoms in total. The molecule has 1 fully saturated rings. The van der Waals surface area contributed by atoms with E-state index in [1.54, 1.807) is 24.3 Å². The van der Waals surface area contributed by atoms with Crippen LogP contribution >= 0.6 is 9.24 Å². The highest BCUT2D eigenvalue weighted by atomic mass is 31.0. The molecule has 1 aromatic rings. The second-order valence-corrected chi connectivity index (χ2v) is 6.03. The van der Waals surface area contributed by atoms with Crippen LogP contribution in [0.3, 0.4) is 0 Å². The molecule has 1 aromatic carbocycles. The lowest BCUT2D eigenvalue weighted by molar-refractivity contribution is 0.0781. The van der Waals surface area contributed by atoms with Crippen LogP contribution in [0.4, 0.5) is 8.78 Å². The van der Waals surface area contributed by atoms with Gasteiger partial charge in [-0.1, -0.05) is 60.2 Å². The van der Waals surface area contributed by atoms with Crippen molar-refractivity contribution in [3.63, 3.8) is 0 Å². The van der Waals surface area contributed by atoms with Crippen LogP contribution in [0.15, 0.2) is 24.3 Å². The Morgan fingerprint density at radius 3 is 2.00 bits per heavy atom. The van der Waals surface area contributed by atoms with Crippen LogP contribution in [0, 0.1) is 5.92 Å². The molecule has 0 N–H and O–H groups in total. The van der Waals surface area contributed by atoms with Gasteiger partial charge >= 0.3 is 0 Å². The molecule has 1 aliphatic carbocycles. The molecule has 0 heterocycles. The van der Waals surface area contributed by atoms with Gasteiger partial charge in [0.25, 0.3) is 5.66 Å². The van der Waals surface area contributed by atoms with Gasteiger partial charge in [0.05, 0.1) is 0 Å². The third kappa shape index (κ3) is 5.78. The summed E-state index contributed by atoms with van der Waals surface area (Å²) in [6, 6.07) is 6.29. The molecule has 0 radical (unpaired) electrons. The van der Waals surface area contributed by atoms with Gasteiger partial charge in [-0.05, 0) is 18.4 Å². The summed E-state index contributed by atoms with van der Waals surface area (Å²) in [4.78, 5) is 11.0. The summed E-state index contributed by atoms with van der Waals surface area (Å²) in [6.07, 6.45) is 2.97. The molecule has 4 heteroatoms. The molecule has 0 spiro atoms. The fourth-order valence-corrected chi connectivity index (χ4v) is 1.59. The van der Waals surface area contributed by atoms with Gasteiger partial charge in [0, 0.05) is 11.5 Å². The monoisotopic (exact) mass is 286 g/mol. The van der Waals surface area contributed by atoms with E-state index >= 15 is 0 Å². The molecule has 0 bridgehead atoms. The molecule has 2 unspecified atom stereocenters. The lowest BCUT2D eigenvalue weighted by atomic mass is 9.99.